The predicted octanol–water partition coefficient (Wildman–Crippen LogP) is 2.56. The van der Waals surface area contributed by atoms with Crippen molar-refractivity contribution >= 4 is 0 Å². The fraction of sp³-hybridized carbons (Fsp3) is 0.312. The Morgan fingerprint density at radius 3 is 2.70 bits per heavy atom. The number of nitrogens with two attached hydrogens (primary N) is 1. The van der Waals surface area contributed by atoms with Crippen molar-refractivity contribution in [2.45, 2.75) is 26.8 Å². The average molecular weight is 272 g/mol. The van der Waals surface area contributed by atoms with Crippen LogP contribution in [-0.4, -0.2) is 11.2 Å². The summed E-state index contributed by atoms with van der Waals surface area (Å²) in [4.78, 5) is 12.0. The van der Waals surface area contributed by atoms with Crippen molar-refractivity contribution in [3.8, 4) is 11.4 Å². The van der Waals surface area contributed by atoms with Crippen LogP contribution in [0.4, 0.5) is 0 Å². The third-order valence-electron chi connectivity index (χ3n) is 3.19. The Balaban J connectivity index is 2.63. The maximum absolute atomic E-state index is 12.0. The van der Waals surface area contributed by atoms with E-state index in [1.54, 1.807) is 12.3 Å². The lowest BCUT2D eigenvalue weighted by Crippen LogP contribution is -2.20. The summed E-state index contributed by atoms with van der Waals surface area (Å²) in [5, 5.41) is 0. The Hall–Kier alpha value is -2.07. The SMILES string of the molecule is CCOc1ccccc1-n1cc(C(C)N)c(=O)cc1C. The molecule has 0 aliphatic heterocycles. The molecule has 1 unspecified atom stereocenters. The van der Waals surface area contributed by atoms with Crippen LogP contribution in [0, 0.1) is 6.92 Å². The number of ether oxygens (including phenoxy) is 1. The second kappa shape index (κ2) is 5.92. The highest BCUT2D eigenvalue weighted by atomic mass is 16.5. The highest BCUT2D eigenvalue weighted by Gasteiger charge is 2.11. The van der Waals surface area contributed by atoms with Crippen LogP contribution in [-0.2, 0) is 0 Å². The van der Waals surface area contributed by atoms with E-state index in [2.05, 4.69) is 0 Å². The standard InChI is InChI=1S/C16H20N2O2/c1-4-20-16-8-6-5-7-14(16)18-10-13(12(3)17)15(19)9-11(18)2/h5-10,12H,4,17H2,1-3H3. The Labute approximate surface area is 118 Å². The van der Waals surface area contributed by atoms with Crippen LogP contribution in [0.2, 0.25) is 0 Å². The molecule has 2 rings (SSSR count). The van der Waals surface area contributed by atoms with Crippen LogP contribution in [0.5, 0.6) is 5.75 Å². The van der Waals surface area contributed by atoms with Gasteiger partial charge in [0, 0.05) is 29.6 Å². The van der Waals surface area contributed by atoms with Crippen molar-refractivity contribution in [2.75, 3.05) is 6.61 Å². The Morgan fingerprint density at radius 1 is 1.35 bits per heavy atom. The van der Waals surface area contributed by atoms with Crippen molar-refractivity contribution in [2.24, 2.45) is 5.73 Å². The molecule has 2 aromatic rings. The molecule has 20 heavy (non-hydrogen) atoms. The Morgan fingerprint density at radius 2 is 2.05 bits per heavy atom. The number of rotatable bonds is 4. The van der Waals surface area contributed by atoms with Gasteiger partial charge in [-0.1, -0.05) is 12.1 Å². The molecule has 0 radical (unpaired) electrons. The number of nitrogens with zero attached hydrogens (tertiary/aromatic N) is 1. The van der Waals surface area contributed by atoms with Crippen LogP contribution < -0.4 is 15.9 Å². The zero-order chi connectivity index (χ0) is 14.7. The van der Waals surface area contributed by atoms with Gasteiger partial charge in [-0.2, -0.15) is 0 Å². The van der Waals surface area contributed by atoms with Gasteiger partial charge in [0.1, 0.15) is 5.75 Å². The maximum atomic E-state index is 12.0. The van der Waals surface area contributed by atoms with Gasteiger partial charge in [0.15, 0.2) is 5.43 Å². The van der Waals surface area contributed by atoms with Crippen molar-refractivity contribution < 1.29 is 4.74 Å². The first kappa shape index (κ1) is 14.3. The summed E-state index contributed by atoms with van der Waals surface area (Å²) in [6.45, 7) is 6.25. The third kappa shape index (κ3) is 2.75. The lowest BCUT2D eigenvalue weighted by molar-refractivity contribution is 0.339. The topological polar surface area (TPSA) is 57.2 Å². The van der Waals surface area contributed by atoms with E-state index in [1.165, 1.54) is 0 Å². The molecule has 1 atom stereocenters. The minimum Gasteiger partial charge on any atom is -0.492 e. The first-order valence-electron chi connectivity index (χ1n) is 6.75. The summed E-state index contributed by atoms with van der Waals surface area (Å²) < 4.78 is 7.60. The van der Waals surface area contributed by atoms with Crippen molar-refractivity contribution in [1.82, 2.24) is 4.57 Å². The number of pyridine rings is 1. The molecular weight excluding hydrogens is 252 g/mol. The van der Waals surface area contributed by atoms with Crippen LogP contribution in [0.15, 0.2) is 41.3 Å². The normalized spacial score (nSPS) is 12.2. The zero-order valence-electron chi connectivity index (χ0n) is 12.1. The molecule has 106 valence electrons. The first-order chi connectivity index (χ1) is 9.54. The van der Waals surface area contributed by atoms with Gasteiger partial charge in [-0.25, -0.2) is 0 Å². The van der Waals surface area contributed by atoms with Gasteiger partial charge in [0.2, 0.25) is 0 Å². The van der Waals surface area contributed by atoms with E-state index < -0.39 is 0 Å². The molecule has 0 aliphatic rings. The van der Waals surface area contributed by atoms with Gasteiger partial charge in [-0.15, -0.1) is 0 Å². The molecule has 1 aromatic carbocycles. The minimum absolute atomic E-state index is 0.0253. The number of aryl methyl sites for hydroxylation is 1. The summed E-state index contributed by atoms with van der Waals surface area (Å²) in [7, 11) is 0. The van der Waals surface area contributed by atoms with E-state index in [0.717, 1.165) is 17.1 Å². The van der Waals surface area contributed by atoms with E-state index in [0.29, 0.717) is 12.2 Å². The van der Waals surface area contributed by atoms with Crippen LogP contribution in [0.25, 0.3) is 5.69 Å². The Kier molecular flexibility index (Phi) is 4.25. The molecule has 0 saturated heterocycles. The molecule has 4 nitrogen and oxygen atoms in total. The molecule has 2 N–H and O–H groups in total. The first-order valence-corrected chi connectivity index (χ1v) is 6.75. The molecule has 0 fully saturated rings. The quantitative estimate of drug-likeness (QED) is 0.930. The number of hydrogen-bond acceptors (Lipinski definition) is 3. The van der Waals surface area contributed by atoms with Crippen LogP contribution in [0.1, 0.15) is 31.1 Å². The summed E-state index contributed by atoms with van der Waals surface area (Å²) in [5.41, 5.74) is 8.20. The summed E-state index contributed by atoms with van der Waals surface area (Å²) in [5.74, 6) is 0.789. The molecule has 4 heteroatoms. The molecular formula is C16H20N2O2. The summed E-state index contributed by atoms with van der Waals surface area (Å²) in [6.07, 6.45) is 1.81. The third-order valence-corrected chi connectivity index (χ3v) is 3.19. The van der Waals surface area contributed by atoms with E-state index in [9.17, 15) is 4.79 Å². The van der Waals surface area contributed by atoms with Gasteiger partial charge < -0.3 is 15.0 Å². The van der Waals surface area contributed by atoms with Gasteiger partial charge in [0.25, 0.3) is 0 Å². The molecule has 0 saturated carbocycles. The van der Waals surface area contributed by atoms with Gasteiger partial charge in [-0.05, 0) is 32.9 Å². The van der Waals surface area contributed by atoms with E-state index in [4.69, 9.17) is 10.5 Å². The fourth-order valence-corrected chi connectivity index (χ4v) is 2.18. The Bertz CT molecular complexity index is 660. The molecule has 0 aliphatic carbocycles. The smallest absolute Gasteiger partial charge is 0.186 e. The molecule has 1 aromatic heterocycles. The average Bonchev–Trinajstić information content (AvgIpc) is 2.40. The predicted molar refractivity (Wildman–Crippen MR) is 80.5 cm³/mol. The molecule has 0 spiro atoms. The van der Waals surface area contributed by atoms with Gasteiger partial charge >= 0.3 is 0 Å². The van der Waals surface area contributed by atoms with Crippen molar-refractivity contribution in [3.05, 3.63) is 58.0 Å². The number of aromatic nitrogens is 1. The second-order valence-corrected chi connectivity index (χ2v) is 4.79. The van der Waals surface area contributed by atoms with Gasteiger partial charge in [-0.3, -0.25) is 4.79 Å². The number of para-hydroxylation sites is 2. The lowest BCUT2D eigenvalue weighted by atomic mass is 10.1. The zero-order valence-corrected chi connectivity index (χ0v) is 12.1. The lowest BCUT2D eigenvalue weighted by Gasteiger charge is -2.17. The largest absolute Gasteiger partial charge is 0.492 e. The van der Waals surface area contributed by atoms with E-state index in [-0.39, 0.29) is 11.5 Å². The van der Waals surface area contributed by atoms with Crippen molar-refractivity contribution in [1.29, 1.82) is 0 Å². The monoisotopic (exact) mass is 272 g/mol. The summed E-state index contributed by atoms with van der Waals surface area (Å²) in [6, 6.07) is 9.07. The molecule has 1 heterocycles. The summed E-state index contributed by atoms with van der Waals surface area (Å²) >= 11 is 0. The highest BCUT2D eigenvalue weighted by Crippen LogP contribution is 2.24. The van der Waals surface area contributed by atoms with Crippen molar-refractivity contribution in [3.63, 3.8) is 0 Å². The van der Waals surface area contributed by atoms with E-state index in [1.807, 2.05) is 49.6 Å². The van der Waals surface area contributed by atoms with Crippen LogP contribution in [0.3, 0.4) is 0 Å². The second-order valence-electron chi connectivity index (χ2n) is 4.79. The fourth-order valence-electron chi connectivity index (χ4n) is 2.18. The molecule has 0 amide bonds. The molecule has 0 bridgehead atoms. The number of benzene rings is 1. The maximum Gasteiger partial charge on any atom is 0.186 e. The van der Waals surface area contributed by atoms with Gasteiger partial charge in [0.05, 0.1) is 12.3 Å². The minimum atomic E-state index is -0.298. The number of hydrogen-bond donors (Lipinski definition) is 1. The van der Waals surface area contributed by atoms with Crippen LogP contribution >= 0.6 is 0 Å². The van der Waals surface area contributed by atoms with E-state index >= 15 is 0 Å². The highest BCUT2D eigenvalue weighted by molar-refractivity contribution is 5.48.